The highest BCUT2D eigenvalue weighted by Gasteiger charge is 2.12. The molecule has 1 amide bonds. The van der Waals surface area contributed by atoms with Crippen molar-refractivity contribution in [2.24, 2.45) is 5.10 Å². The van der Waals surface area contributed by atoms with Gasteiger partial charge in [0.1, 0.15) is 0 Å². The van der Waals surface area contributed by atoms with E-state index in [0.717, 1.165) is 16.7 Å². The minimum absolute atomic E-state index is 0.228. The van der Waals surface area contributed by atoms with Gasteiger partial charge >= 0.3 is 0 Å². The van der Waals surface area contributed by atoms with Gasteiger partial charge < -0.3 is 9.47 Å². The Balaban J connectivity index is 1.40. The van der Waals surface area contributed by atoms with E-state index in [1.165, 1.54) is 0 Å². The fourth-order valence-corrected chi connectivity index (χ4v) is 2.67. The van der Waals surface area contributed by atoms with Crippen LogP contribution in [0.25, 0.3) is 11.1 Å². The summed E-state index contributed by atoms with van der Waals surface area (Å²) in [6, 6.07) is 22.9. The molecule has 5 heteroatoms. The van der Waals surface area contributed by atoms with Crippen LogP contribution in [0.5, 0.6) is 11.5 Å². The lowest BCUT2D eigenvalue weighted by Crippen LogP contribution is -2.17. The van der Waals surface area contributed by atoms with Crippen molar-refractivity contribution in [3.63, 3.8) is 0 Å². The molecule has 4 rings (SSSR count). The van der Waals surface area contributed by atoms with Crippen LogP contribution in [0.4, 0.5) is 0 Å². The molecule has 0 spiro atoms. The predicted molar refractivity (Wildman–Crippen MR) is 99.5 cm³/mol. The molecule has 0 aromatic heterocycles. The summed E-state index contributed by atoms with van der Waals surface area (Å²) in [5.41, 5.74) is 6.07. The number of hydrogen-bond donors (Lipinski definition) is 1. The van der Waals surface area contributed by atoms with E-state index in [-0.39, 0.29) is 12.7 Å². The van der Waals surface area contributed by atoms with Gasteiger partial charge in [-0.25, -0.2) is 5.43 Å². The summed E-state index contributed by atoms with van der Waals surface area (Å²) in [5.74, 6) is 1.13. The molecule has 26 heavy (non-hydrogen) atoms. The van der Waals surface area contributed by atoms with Crippen LogP contribution in [0.15, 0.2) is 77.9 Å². The van der Waals surface area contributed by atoms with Crippen LogP contribution in [0.1, 0.15) is 15.9 Å². The summed E-state index contributed by atoms with van der Waals surface area (Å²) in [6.45, 7) is 0.228. The van der Waals surface area contributed by atoms with Gasteiger partial charge in [-0.3, -0.25) is 4.79 Å². The maximum Gasteiger partial charge on any atom is 0.271 e. The van der Waals surface area contributed by atoms with E-state index in [2.05, 4.69) is 10.5 Å². The number of carbonyl (C=O) groups is 1. The highest BCUT2D eigenvalue weighted by molar-refractivity contribution is 5.95. The van der Waals surface area contributed by atoms with Crippen molar-refractivity contribution in [1.82, 2.24) is 5.43 Å². The van der Waals surface area contributed by atoms with E-state index in [1.54, 1.807) is 18.3 Å². The zero-order valence-corrected chi connectivity index (χ0v) is 13.9. The van der Waals surface area contributed by atoms with Crippen LogP contribution < -0.4 is 14.9 Å². The van der Waals surface area contributed by atoms with Crippen LogP contribution in [-0.4, -0.2) is 18.9 Å². The van der Waals surface area contributed by atoms with Gasteiger partial charge in [-0.05, 0) is 47.0 Å². The number of hydrazone groups is 1. The second-order valence-electron chi connectivity index (χ2n) is 5.76. The molecule has 0 bridgehead atoms. The molecule has 5 nitrogen and oxygen atoms in total. The van der Waals surface area contributed by atoms with Gasteiger partial charge in [0.15, 0.2) is 11.5 Å². The summed E-state index contributed by atoms with van der Waals surface area (Å²) in [7, 11) is 0. The lowest BCUT2D eigenvalue weighted by molar-refractivity contribution is 0.0955. The minimum Gasteiger partial charge on any atom is -0.454 e. The van der Waals surface area contributed by atoms with E-state index in [0.29, 0.717) is 17.1 Å². The number of fused-ring (bicyclic) bond motifs is 1. The van der Waals surface area contributed by atoms with E-state index >= 15 is 0 Å². The van der Waals surface area contributed by atoms with Crippen LogP contribution >= 0.6 is 0 Å². The summed E-state index contributed by atoms with van der Waals surface area (Å²) in [4.78, 5) is 12.2. The SMILES string of the molecule is O=C(N/N=C\c1ccc2c(c1)OCO2)c1ccc(-c2ccccc2)cc1. The molecule has 3 aromatic carbocycles. The van der Waals surface area contributed by atoms with Crippen molar-refractivity contribution >= 4 is 12.1 Å². The van der Waals surface area contributed by atoms with Crippen molar-refractivity contribution in [1.29, 1.82) is 0 Å². The summed E-state index contributed by atoms with van der Waals surface area (Å²) < 4.78 is 10.6. The average molecular weight is 344 g/mol. The third-order valence-electron chi connectivity index (χ3n) is 4.03. The fraction of sp³-hybridized carbons (Fsp3) is 0.0476. The summed E-state index contributed by atoms with van der Waals surface area (Å²) >= 11 is 0. The lowest BCUT2D eigenvalue weighted by Gasteiger charge is -2.04. The molecular weight excluding hydrogens is 328 g/mol. The van der Waals surface area contributed by atoms with Gasteiger partial charge in [0.2, 0.25) is 6.79 Å². The van der Waals surface area contributed by atoms with Crippen molar-refractivity contribution in [2.75, 3.05) is 6.79 Å². The molecule has 1 heterocycles. The Hall–Kier alpha value is -3.60. The van der Waals surface area contributed by atoms with Crippen molar-refractivity contribution in [2.45, 2.75) is 0 Å². The van der Waals surface area contributed by atoms with Crippen molar-refractivity contribution < 1.29 is 14.3 Å². The van der Waals surface area contributed by atoms with Gasteiger partial charge in [0, 0.05) is 5.56 Å². The summed E-state index contributed by atoms with van der Waals surface area (Å²) in [6.07, 6.45) is 1.57. The Morgan fingerprint density at radius 2 is 1.62 bits per heavy atom. The number of amides is 1. The monoisotopic (exact) mass is 344 g/mol. The maximum atomic E-state index is 12.2. The van der Waals surface area contributed by atoms with Crippen molar-refractivity contribution in [3.8, 4) is 22.6 Å². The molecule has 1 N–H and O–H groups in total. The molecule has 1 aliphatic rings. The Morgan fingerprint density at radius 1 is 0.885 bits per heavy atom. The maximum absolute atomic E-state index is 12.2. The smallest absolute Gasteiger partial charge is 0.271 e. The zero-order valence-electron chi connectivity index (χ0n) is 13.9. The first-order valence-electron chi connectivity index (χ1n) is 8.18. The Kier molecular flexibility index (Phi) is 4.35. The predicted octanol–water partition coefficient (Wildman–Crippen LogP) is 3.85. The molecule has 3 aromatic rings. The minimum atomic E-state index is -0.262. The molecule has 0 unspecified atom stereocenters. The third kappa shape index (κ3) is 3.42. The van der Waals surface area contributed by atoms with E-state index < -0.39 is 0 Å². The first kappa shape index (κ1) is 15.9. The highest BCUT2D eigenvalue weighted by Crippen LogP contribution is 2.31. The van der Waals surface area contributed by atoms with Crippen LogP contribution in [0, 0.1) is 0 Å². The molecule has 1 aliphatic heterocycles. The molecule has 0 atom stereocenters. The molecule has 0 radical (unpaired) electrons. The number of nitrogens with one attached hydrogen (secondary N) is 1. The first-order valence-corrected chi connectivity index (χ1v) is 8.18. The lowest BCUT2D eigenvalue weighted by atomic mass is 10.0. The molecule has 0 fully saturated rings. The third-order valence-corrected chi connectivity index (χ3v) is 4.03. The largest absolute Gasteiger partial charge is 0.454 e. The van der Waals surface area contributed by atoms with E-state index in [4.69, 9.17) is 9.47 Å². The second-order valence-corrected chi connectivity index (χ2v) is 5.76. The van der Waals surface area contributed by atoms with Crippen LogP contribution in [-0.2, 0) is 0 Å². The second kappa shape index (κ2) is 7.11. The van der Waals surface area contributed by atoms with Gasteiger partial charge in [-0.1, -0.05) is 42.5 Å². The number of carbonyl (C=O) groups excluding carboxylic acids is 1. The zero-order chi connectivity index (χ0) is 17.8. The molecule has 0 saturated heterocycles. The van der Waals surface area contributed by atoms with E-state index in [1.807, 2.05) is 60.7 Å². The standard InChI is InChI=1S/C21H16N2O3/c24-21(18-9-7-17(8-10-18)16-4-2-1-3-5-16)23-22-13-15-6-11-19-20(12-15)26-14-25-19/h1-13H,14H2,(H,23,24)/b22-13-. The number of rotatable bonds is 4. The summed E-state index contributed by atoms with van der Waals surface area (Å²) in [5, 5.41) is 4.00. The molecule has 0 aliphatic carbocycles. The topological polar surface area (TPSA) is 59.9 Å². The molecular formula is C21H16N2O3. The normalized spacial score (nSPS) is 12.3. The fourth-order valence-electron chi connectivity index (χ4n) is 2.67. The number of nitrogens with zero attached hydrogens (tertiary/aromatic N) is 1. The Bertz CT molecular complexity index is 951. The molecule has 0 saturated carbocycles. The Labute approximate surface area is 150 Å². The van der Waals surface area contributed by atoms with Gasteiger partial charge in [-0.2, -0.15) is 5.10 Å². The van der Waals surface area contributed by atoms with E-state index in [9.17, 15) is 4.79 Å². The number of ether oxygens (including phenoxy) is 2. The van der Waals surface area contributed by atoms with Gasteiger partial charge in [0.25, 0.3) is 5.91 Å². The number of benzene rings is 3. The highest BCUT2D eigenvalue weighted by atomic mass is 16.7. The Morgan fingerprint density at radius 3 is 2.42 bits per heavy atom. The van der Waals surface area contributed by atoms with Crippen molar-refractivity contribution in [3.05, 3.63) is 83.9 Å². The quantitative estimate of drug-likeness (QED) is 0.578. The number of hydrogen-bond acceptors (Lipinski definition) is 4. The first-order chi connectivity index (χ1) is 12.8. The van der Waals surface area contributed by atoms with Gasteiger partial charge in [-0.15, -0.1) is 0 Å². The van der Waals surface area contributed by atoms with Gasteiger partial charge in [0.05, 0.1) is 6.21 Å². The van der Waals surface area contributed by atoms with Crippen LogP contribution in [0.3, 0.4) is 0 Å². The average Bonchev–Trinajstić information content (AvgIpc) is 3.16. The molecule has 128 valence electrons. The van der Waals surface area contributed by atoms with Crippen LogP contribution in [0.2, 0.25) is 0 Å².